The van der Waals surface area contributed by atoms with Crippen LogP contribution in [0.1, 0.15) is 31.7 Å². The SMILES string of the molecule is CCS(=O)(=O)c1ccc(CCC(=O)NC2(C(=O)O)CCSCC2)cc1. The van der Waals surface area contributed by atoms with Crippen molar-refractivity contribution in [2.45, 2.75) is 43.0 Å². The molecule has 0 aromatic heterocycles. The molecule has 25 heavy (non-hydrogen) atoms. The van der Waals surface area contributed by atoms with Crippen LogP contribution < -0.4 is 5.32 Å². The predicted octanol–water partition coefficient (Wildman–Crippen LogP) is 1.88. The first kappa shape index (κ1) is 19.8. The third-order valence-electron chi connectivity index (χ3n) is 4.44. The van der Waals surface area contributed by atoms with Gasteiger partial charge in [-0.25, -0.2) is 13.2 Å². The van der Waals surface area contributed by atoms with Crippen LogP contribution in [0.15, 0.2) is 29.2 Å². The largest absolute Gasteiger partial charge is 0.480 e. The second-order valence-electron chi connectivity index (χ2n) is 6.10. The van der Waals surface area contributed by atoms with Crippen molar-refractivity contribution in [3.63, 3.8) is 0 Å². The molecule has 138 valence electrons. The Kier molecular flexibility index (Phi) is 6.51. The Morgan fingerprint density at radius 1 is 1.20 bits per heavy atom. The Balaban J connectivity index is 1.94. The second-order valence-corrected chi connectivity index (χ2v) is 9.60. The maximum Gasteiger partial charge on any atom is 0.329 e. The van der Waals surface area contributed by atoms with Crippen molar-refractivity contribution in [3.8, 4) is 0 Å². The van der Waals surface area contributed by atoms with Gasteiger partial charge in [-0.3, -0.25) is 4.79 Å². The maximum atomic E-state index is 12.2. The van der Waals surface area contributed by atoms with E-state index < -0.39 is 21.3 Å². The van der Waals surface area contributed by atoms with Crippen LogP contribution in [0.2, 0.25) is 0 Å². The van der Waals surface area contributed by atoms with Crippen LogP contribution in [0, 0.1) is 0 Å². The van der Waals surface area contributed by atoms with Crippen molar-refractivity contribution in [1.29, 1.82) is 0 Å². The summed E-state index contributed by atoms with van der Waals surface area (Å²) in [5.41, 5.74) is -0.310. The van der Waals surface area contributed by atoms with Gasteiger partial charge in [0, 0.05) is 6.42 Å². The molecule has 1 heterocycles. The highest BCUT2D eigenvalue weighted by Crippen LogP contribution is 2.27. The van der Waals surface area contributed by atoms with Gasteiger partial charge >= 0.3 is 5.97 Å². The molecular formula is C17H23NO5S2. The topological polar surface area (TPSA) is 101 Å². The van der Waals surface area contributed by atoms with Gasteiger partial charge in [0.1, 0.15) is 5.54 Å². The second kappa shape index (κ2) is 8.23. The molecule has 2 rings (SSSR count). The van der Waals surface area contributed by atoms with Crippen LogP contribution in [0.5, 0.6) is 0 Å². The molecule has 1 aliphatic heterocycles. The van der Waals surface area contributed by atoms with Crippen molar-refractivity contribution in [2.24, 2.45) is 0 Å². The first-order valence-corrected chi connectivity index (χ1v) is 11.0. The molecule has 0 bridgehead atoms. The number of rotatable bonds is 7. The summed E-state index contributed by atoms with van der Waals surface area (Å²) in [5, 5.41) is 12.2. The lowest BCUT2D eigenvalue weighted by atomic mass is 9.92. The fraction of sp³-hybridized carbons (Fsp3) is 0.529. The van der Waals surface area contributed by atoms with Gasteiger partial charge in [-0.2, -0.15) is 11.8 Å². The molecule has 0 atom stereocenters. The van der Waals surface area contributed by atoms with E-state index in [1.165, 1.54) is 0 Å². The predicted molar refractivity (Wildman–Crippen MR) is 97.6 cm³/mol. The Bertz CT molecular complexity index is 722. The van der Waals surface area contributed by atoms with Crippen LogP contribution in [0.4, 0.5) is 0 Å². The summed E-state index contributed by atoms with van der Waals surface area (Å²) < 4.78 is 23.6. The molecule has 0 spiro atoms. The summed E-state index contributed by atoms with van der Waals surface area (Å²) in [5.74, 6) is 0.222. The first-order valence-electron chi connectivity index (χ1n) is 8.23. The van der Waals surface area contributed by atoms with E-state index in [-0.39, 0.29) is 23.0 Å². The van der Waals surface area contributed by atoms with E-state index in [2.05, 4.69) is 5.32 Å². The van der Waals surface area contributed by atoms with Crippen LogP contribution >= 0.6 is 11.8 Å². The van der Waals surface area contributed by atoms with Gasteiger partial charge in [-0.05, 0) is 48.5 Å². The van der Waals surface area contributed by atoms with E-state index in [9.17, 15) is 23.1 Å². The summed E-state index contributed by atoms with van der Waals surface area (Å²) >= 11 is 1.69. The van der Waals surface area contributed by atoms with Crippen LogP contribution in [-0.4, -0.2) is 48.2 Å². The van der Waals surface area contributed by atoms with E-state index >= 15 is 0 Å². The van der Waals surface area contributed by atoms with E-state index in [4.69, 9.17) is 0 Å². The number of carbonyl (C=O) groups is 2. The number of aliphatic carboxylic acids is 1. The van der Waals surface area contributed by atoms with Gasteiger partial charge in [0.05, 0.1) is 10.6 Å². The van der Waals surface area contributed by atoms with Gasteiger partial charge in [0.25, 0.3) is 0 Å². The fourth-order valence-electron chi connectivity index (χ4n) is 2.73. The van der Waals surface area contributed by atoms with Gasteiger partial charge in [0.2, 0.25) is 5.91 Å². The standard InChI is InChI=1S/C17H23NO5S2/c1-2-25(22,23)14-6-3-13(4-7-14)5-8-15(19)18-17(16(20)21)9-11-24-12-10-17/h3-4,6-7H,2,5,8-12H2,1H3,(H,18,19)(H,20,21). The number of aryl methyl sites for hydroxylation is 1. The third kappa shape index (κ3) is 4.98. The number of carboxylic acid groups (broad SMARTS) is 1. The summed E-state index contributed by atoms with van der Waals surface area (Å²) in [4.78, 5) is 24.0. The average molecular weight is 386 g/mol. The molecule has 0 radical (unpaired) electrons. The van der Waals surface area contributed by atoms with Crippen molar-refractivity contribution in [2.75, 3.05) is 17.3 Å². The van der Waals surface area contributed by atoms with Crippen molar-refractivity contribution < 1.29 is 23.1 Å². The van der Waals surface area contributed by atoms with Gasteiger partial charge in [0.15, 0.2) is 9.84 Å². The first-order chi connectivity index (χ1) is 11.8. The Morgan fingerprint density at radius 2 is 1.80 bits per heavy atom. The van der Waals surface area contributed by atoms with Gasteiger partial charge < -0.3 is 10.4 Å². The fourth-order valence-corrected chi connectivity index (χ4v) is 4.80. The number of benzene rings is 1. The smallest absolute Gasteiger partial charge is 0.329 e. The molecule has 1 aliphatic rings. The zero-order chi connectivity index (χ0) is 18.5. The minimum Gasteiger partial charge on any atom is -0.480 e. The molecule has 0 aliphatic carbocycles. The number of hydrogen-bond acceptors (Lipinski definition) is 5. The number of nitrogens with one attached hydrogen (secondary N) is 1. The zero-order valence-electron chi connectivity index (χ0n) is 14.2. The highest BCUT2D eigenvalue weighted by molar-refractivity contribution is 7.99. The molecule has 1 aromatic carbocycles. The molecular weight excluding hydrogens is 362 g/mol. The summed E-state index contributed by atoms with van der Waals surface area (Å²) in [6, 6.07) is 6.48. The van der Waals surface area contributed by atoms with Crippen LogP contribution in [0.3, 0.4) is 0 Å². The number of thioether (sulfide) groups is 1. The van der Waals surface area contributed by atoms with Crippen LogP contribution in [-0.2, 0) is 25.8 Å². The minimum absolute atomic E-state index is 0.0459. The number of amides is 1. The van der Waals surface area contributed by atoms with Crippen molar-refractivity contribution >= 4 is 33.5 Å². The monoisotopic (exact) mass is 385 g/mol. The Morgan fingerprint density at radius 3 is 2.32 bits per heavy atom. The molecule has 0 saturated carbocycles. The Labute approximate surface area is 152 Å². The van der Waals surface area contributed by atoms with E-state index in [1.807, 2.05) is 0 Å². The van der Waals surface area contributed by atoms with Gasteiger partial charge in [-0.15, -0.1) is 0 Å². The number of hydrogen-bond donors (Lipinski definition) is 2. The molecule has 8 heteroatoms. The summed E-state index contributed by atoms with van der Waals surface area (Å²) in [6.45, 7) is 1.59. The lowest BCUT2D eigenvalue weighted by Crippen LogP contribution is -2.56. The van der Waals surface area contributed by atoms with Crippen molar-refractivity contribution in [3.05, 3.63) is 29.8 Å². The number of carbonyl (C=O) groups excluding carboxylic acids is 1. The average Bonchev–Trinajstić information content (AvgIpc) is 2.61. The maximum absolute atomic E-state index is 12.2. The van der Waals surface area contributed by atoms with Crippen LogP contribution in [0.25, 0.3) is 0 Å². The quantitative estimate of drug-likeness (QED) is 0.743. The molecule has 2 N–H and O–H groups in total. The highest BCUT2D eigenvalue weighted by Gasteiger charge is 2.41. The molecule has 1 saturated heterocycles. The summed E-state index contributed by atoms with van der Waals surface area (Å²) in [7, 11) is -3.23. The zero-order valence-corrected chi connectivity index (χ0v) is 15.8. The normalized spacial score (nSPS) is 17.0. The summed E-state index contributed by atoms with van der Waals surface area (Å²) in [6.07, 6.45) is 1.47. The van der Waals surface area contributed by atoms with Crippen molar-refractivity contribution in [1.82, 2.24) is 5.32 Å². The minimum atomic E-state index is -3.23. The van der Waals surface area contributed by atoms with Gasteiger partial charge in [-0.1, -0.05) is 19.1 Å². The Hall–Kier alpha value is -1.54. The van der Waals surface area contributed by atoms with E-state index in [0.717, 1.165) is 17.1 Å². The lowest BCUT2D eigenvalue weighted by molar-refractivity contribution is -0.148. The molecule has 6 nitrogen and oxygen atoms in total. The lowest BCUT2D eigenvalue weighted by Gasteiger charge is -2.33. The molecule has 1 aromatic rings. The third-order valence-corrected chi connectivity index (χ3v) is 7.17. The molecule has 0 unspecified atom stereocenters. The van der Waals surface area contributed by atoms with E-state index in [1.54, 1.807) is 43.0 Å². The highest BCUT2D eigenvalue weighted by atomic mass is 32.2. The molecule has 1 fully saturated rings. The van der Waals surface area contributed by atoms with E-state index in [0.29, 0.717) is 19.3 Å². The number of sulfone groups is 1. The number of carboxylic acids is 1. The molecule has 1 amide bonds.